The number of nitrogens with zero attached hydrogens (tertiary/aromatic N) is 2. The van der Waals surface area contributed by atoms with Crippen molar-refractivity contribution in [2.75, 3.05) is 19.5 Å². The lowest BCUT2D eigenvalue weighted by atomic mass is 10.1. The van der Waals surface area contributed by atoms with Gasteiger partial charge >= 0.3 is 0 Å². The lowest BCUT2D eigenvalue weighted by Crippen LogP contribution is -2.24. The first kappa shape index (κ1) is 18.3. The van der Waals surface area contributed by atoms with E-state index in [1.807, 2.05) is 0 Å². The molecule has 4 nitrogen and oxygen atoms in total. The predicted molar refractivity (Wildman–Crippen MR) is 97.7 cm³/mol. The smallest absolute Gasteiger partial charge is 0.262 e. The second kappa shape index (κ2) is 8.71. The molecule has 0 unspecified atom stereocenters. The van der Waals surface area contributed by atoms with Crippen LogP contribution < -0.4 is 5.56 Å². The van der Waals surface area contributed by atoms with Crippen LogP contribution in [-0.2, 0) is 11.3 Å². The van der Waals surface area contributed by atoms with E-state index in [1.54, 1.807) is 41.6 Å². The Hall–Kier alpha value is -1.04. The maximum Gasteiger partial charge on any atom is 0.262 e. The molecule has 0 aliphatic rings. The average Bonchev–Trinajstić information content (AvgIpc) is 2.50. The van der Waals surface area contributed by atoms with Gasteiger partial charge in [0, 0.05) is 31.0 Å². The Kier molecular flexibility index (Phi) is 6.93. The summed E-state index contributed by atoms with van der Waals surface area (Å²) < 4.78 is 6.88. The molecule has 0 bridgehead atoms. The number of fused-ring (bicyclic) bond motifs is 1. The SMILES string of the molecule is COCCCSc1nc2cc(Cl)ccc2c(=O)n1CCC(C)C. The van der Waals surface area contributed by atoms with E-state index in [2.05, 4.69) is 18.8 Å². The van der Waals surface area contributed by atoms with Gasteiger partial charge in [0.25, 0.3) is 5.56 Å². The van der Waals surface area contributed by atoms with E-state index in [-0.39, 0.29) is 5.56 Å². The van der Waals surface area contributed by atoms with Crippen LogP contribution in [0.2, 0.25) is 5.02 Å². The standard InChI is InChI=1S/C17H23ClN2O2S/c1-12(2)7-8-20-16(21)14-6-5-13(18)11-15(14)19-17(20)23-10-4-9-22-3/h5-6,11-12H,4,7-10H2,1-3H3. The zero-order valence-electron chi connectivity index (χ0n) is 13.8. The monoisotopic (exact) mass is 354 g/mol. The molecule has 0 saturated heterocycles. The first-order valence-electron chi connectivity index (χ1n) is 7.84. The Morgan fingerprint density at radius 3 is 2.87 bits per heavy atom. The maximum atomic E-state index is 12.8. The van der Waals surface area contributed by atoms with E-state index in [0.717, 1.165) is 23.8 Å². The molecule has 0 spiro atoms. The molecule has 0 N–H and O–H groups in total. The highest BCUT2D eigenvalue weighted by atomic mass is 35.5. The Morgan fingerprint density at radius 2 is 2.17 bits per heavy atom. The second-order valence-corrected chi connectivity index (χ2v) is 7.39. The number of benzene rings is 1. The highest BCUT2D eigenvalue weighted by Gasteiger charge is 2.12. The molecule has 1 aromatic heterocycles. The van der Waals surface area contributed by atoms with Gasteiger partial charge in [0.05, 0.1) is 10.9 Å². The predicted octanol–water partition coefficient (Wildman–Crippen LogP) is 4.22. The first-order valence-corrected chi connectivity index (χ1v) is 9.21. The fourth-order valence-corrected chi connectivity index (χ4v) is 3.34. The number of thioether (sulfide) groups is 1. The molecule has 2 aromatic rings. The van der Waals surface area contributed by atoms with Crippen molar-refractivity contribution < 1.29 is 4.74 Å². The first-order chi connectivity index (χ1) is 11.0. The Bertz CT molecular complexity index is 716. The normalized spacial score (nSPS) is 11.5. The number of methoxy groups -OCH3 is 1. The van der Waals surface area contributed by atoms with Gasteiger partial charge in [-0.15, -0.1) is 0 Å². The number of rotatable bonds is 8. The summed E-state index contributed by atoms with van der Waals surface area (Å²) >= 11 is 7.64. The lowest BCUT2D eigenvalue weighted by molar-refractivity contribution is 0.200. The summed E-state index contributed by atoms with van der Waals surface area (Å²) in [5, 5.41) is 1.99. The van der Waals surface area contributed by atoms with Crippen LogP contribution in [-0.4, -0.2) is 29.0 Å². The highest BCUT2D eigenvalue weighted by molar-refractivity contribution is 7.99. The molecule has 0 radical (unpaired) electrons. The maximum absolute atomic E-state index is 12.8. The minimum absolute atomic E-state index is 0.0153. The van der Waals surface area contributed by atoms with Crippen molar-refractivity contribution in [1.29, 1.82) is 0 Å². The zero-order chi connectivity index (χ0) is 16.8. The lowest BCUT2D eigenvalue weighted by Gasteiger charge is -2.14. The minimum Gasteiger partial charge on any atom is -0.385 e. The van der Waals surface area contributed by atoms with Crippen molar-refractivity contribution in [3.63, 3.8) is 0 Å². The van der Waals surface area contributed by atoms with Crippen molar-refractivity contribution >= 4 is 34.3 Å². The molecule has 23 heavy (non-hydrogen) atoms. The molecule has 1 aromatic carbocycles. The molecular formula is C17H23ClN2O2S. The Labute approximate surface area is 146 Å². The van der Waals surface area contributed by atoms with E-state index in [1.165, 1.54) is 0 Å². The number of halogens is 1. The molecule has 2 rings (SSSR count). The Balaban J connectivity index is 2.38. The fraction of sp³-hybridized carbons (Fsp3) is 0.529. The van der Waals surface area contributed by atoms with E-state index in [0.29, 0.717) is 35.0 Å². The largest absolute Gasteiger partial charge is 0.385 e. The van der Waals surface area contributed by atoms with Crippen molar-refractivity contribution in [3.8, 4) is 0 Å². The van der Waals surface area contributed by atoms with E-state index >= 15 is 0 Å². The average molecular weight is 355 g/mol. The molecule has 6 heteroatoms. The van der Waals surface area contributed by atoms with Gasteiger partial charge in [-0.05, 0) is 37.0 Å². The molecular weight excluding hydrogens is 332 g/mol. The fourth-order valence-electron chi connectivity index (χ4n) is 2.24. The molecule has 1 heterocycles. The summed E-state index contributed by atoms with van der Waals surface area (Å²) in [7, 11) is 1.69. The van der Waals surface area contributed by atoms with Gasteiger partial charge in [0.2, 0.25) is 0 Å². The van der Waals surface area contributed by atoms with Crippen LogP contribution in [0.1, 0.15) is 26.7 Å². The van der Waals surface area contributed by atoms with E-state index < -0.39 is 0 Å². The van der Waals surface area contributed by atoms with Crippen LogP contribution in [0.4, 0.5) is 0 Å². The summed E-state index contributed by atoms with van der Waals surface area (Å²) in [5.41, 5.74) is 0.680. The third-order valence-corrected chi connectivity index (χ3v) is 4.83. The molecule has 0 saturated carbocycles. The third-order valence-electron chi connectivity index (χ3n) is 3.54. The third kappa shape index (κ3) is 4.96. The number of ether oxygens (including phenoxy) is 1. The van der Waals surface area contributed by atoms with Gasteiger partial charge in [-0.25, -0.2) is 4.98 Å². The summed E-state index contributed by atoms with van der Waals surface area (Å²) in [4.78, 5) is 17.5. The van der Waals surface area contributed by atoms with Crippen LogP contribution >= 0.6 is 23.4 Å². The van der Waals surface area contributed by atoms with Crippen LogP contribution in [0, 0.1) is 5.92 Å². The molecule has 126 valence electrons. The van der Waals surface area contributed by atoms with Gasteiger partial charge in [0.1, 0.15) is 0 Å². The summed E-state index contributed by atoms with van der Waals surface area (Å²) in [6.07, 6.45) is 1.88. The molecule has 0 aliphatic carbocycles. The van der Waals surface area contributed by atoms with Gasteiger partial charge < -0.3 is 4.74 Å². The van der Waals surface area contributed by atoms with E-state index in [4.69, 9.17) is 16.3 Å². The quantitative estimate of drug-likeness (QED) is 0.404. The summed E-state index contributed by atoms with van der Waals surface area (Å²) in [6.45, 7) is 5.71. The highest BCUT2D eigenvalue weighted by Crippen LogP contribution is 2.21. The number of hydrogen-bond donors (Lipinski definition) is 0. The molecule has 0 fully saturated rings. The topological polar surface area (TPSA) is 44.1 Å². The van der Waals surface area contributed by atoms with Crippen LogP contribution in [0.15, 0.2) is 28.2 Å². The van der Waals surface area contributed by atoms with Crippen molar-refractivity contribution in [3.05, 3.63) is 33.6 Å². The van der Waals surface area contributed by atoms with Crippen molar-refractivity contribution in [2.24, 2.45) is 5.92 Å². The number of aromatic nitrogens is 2. The molecule has 0 amide bonds. The van der Waals surface area contributed by atoms with Gasteiger partial charge in [-0.1, -0.05) is 37.2 Å². The van der Waals surface area contributed by atoms with Gasteiger partial charge in [-0.3, -0.25) is 9.36 Å². The van der Waals surface area contributed by atoms with Crippen LogP contribution in [0.5, 0.6) is 0 Å². The summed E-state index contributed by atoms with van der Waals surface area (Å²) in [6, 6.07) is 5.26. The zero-order valence-corrected chi connectivity index (χ0v) is 15.4. The molecule has 0 aliphatic heterocycles. The van der Waals surface area contributed by atoms with Gasteiger partial charge in [0.15, 0.2) is 5.16 Å². The Morgan fingerprint density at radius 1 is 1.39 bits per heavy atom. The van der Waals surface area contributed by atoms with E-state index in [9.17, 15) is 4.79 Å². The minimum atomic E-state index is 0.0153. The van der Waals surface area contributed by atoms with Crippen molar-refractivity contribution in [1.82, 2.24) is 9.55 Å². The summed E-state index contributed by atoms with van der Waals surface area (Å²) in [5.74, 6) is 1.41. The van der Waals surface area contributed by atoms with Gasteiger partial charge in [-0.2, -0.15) is 0 Å². The van der Waals surface area contributed by atoms with Crippen LogP contribution in [0.25, 0.3) is 10.9 Å². The number of hydrogen-bond acceptors (Lipinski definition) is 4. The van der Waals surface area contributed by atoms with Crippen molar-refractivity contribution in [2.45, 2.75) is 38.4 Å². The second-order valence-electron chi connectivity index (χ2n) is 5.89. The van der Waals surface area contributed by atoms with Crippen LogP contribution in [0.3, 0.4) is 0 Å². The molecule has 0 atom stereocenters.